The van der Waals surface area contributed by atoms with Gasteiger partial charge in [0.25, 0.3) is 5.56 Å². The van der Waals surface area contributed by atoms with Gasteiger partial charge in [-0.3, -0.25) is 9.78 Å². The van der Waals surface area contributed by atoms with E-state index in [0.29, 0.717) is 28.1 Å². The van der Waals surface area contributed by atoms with E-state index in [9.17, 15) is 9.90 Å². The van der Waals surface area contributed by atoms with Crippen LogP contribution in [0.1, 0.15) is 12.5 Å². The van der Waals surface area contributed by atoms with Crippen LogP contribution in [0.4, 0.5) is 5.95 Å². The molecule has 0 aliphatic carbocycles. The molecule has 0 fully saturated rings. The highest BCUT2D eigenvalue weighted by Gasteiger charge is 2.08. The molecule has 0 saturated carbocycles. The first kappa shape index (κ1) is 18.7. The number of nitrogens with one attached hydrogen (secondary N) is 2. The number of hydrogen-bond acceptors (Lipinski definition) is 6. The molecule has 0 spiro atoms. The van der Waals surface area contributed by atoms with Crippen LogP contribution in [-0.4, -0.2) is 27.9 Å². The molecule has 0 saturated heterocycles. The van der Waals surface area contributed by atoms with Gasteiger partial charge in [-0.1, -0.05) is 30.3 Å². The molecule has 3 rings (SSSR count). The molecule has 0 radical (unpaired) electrons. The second kappa shape index (κ2) is 8.50. The summed E-state index contributed by atoms with van der Waals surface area (Å²) in [6.07, 6.45) is 1.53. The summed E-state index contributed by atoms with van der Waals surface area (Å²) >= 11 is 3.28. The zero-order valence-electron chi connectivity index (χ0n) is 14.4. The third kappa shape index (κ3) is 4.73. The molecule has 1 aromatic heterocycles. The highest BCUT2D eigenvalue weighted by Crippen LogP contribution is 2.35. The molecule has 3 N–H and O–H groups in total. The number of phenols is 1. The van der Waals surface area contributed by atoms with Gasteiger partial charge in [0.15, 0.2) is 11.5 Å². The molecule has 0 aliphatic rings. The van der Waals surface area contributed by atoms with Gasteiger partial charge in [0.05, 0.1) is 23.0 Å². The number of phenolic OH excluding ortho intramolecular Hbond substituents is 1. The first-order chi connectivity index (χ1) is 13.1. The number of nitrogens with zero attached hydrogens (tertiary/aromatic N) is 2. The van der Waals surface area contributed by atoms with Gasteiger partial charge in [0.2, 0.25) is 5.95 Å². The summed E-state index contributed by atoms with van der Waals surface area (Å²) in [7, 11) is 0. The van der Waals surface area contributed by atoms with Crippen LogP contribution in [0.3, 0.4) is 0 Å². The van der Waals surface area contributed by atoms with E-state index in [-0.39, 0.29) is 17.3 Å². The van der Waals surface area contributed by atoms with E-state index in [1.165, 1.54) is 12.3 Å². The number of H-pyrrole nitrogens is 1. The second-order valence-electron chi connectivity index (χ2n) is 5.50. The molecule has 7 nitrogen and oxygen atoms in total. The predicted octanol–water partition coefficient (Wildman–Crippen LogP) is 3.75. The van der Waals surface area contributed by atoms with Gasteiger partial charge in [-0.05, 0) is 40.5 Å². The standard InChI is InChI=1S/C19H17BrN4O3/c1-2-27-16-9-12(8-14(20)18(16)26)11-21-24-19-22-15(10-17(25)23-19)13-6-4-3-5-7-13/h3-11,26H,2H2,1H3,(H2,22,23,24,25)/b21-11+. The van der Waals surface area contributed by atoms with Crippen LogP contribution in [0.15, 0.2) is 62.9 Å². The van der Waals surface area contributed by atoms with Gasteiger partial charge in [-0.15, -0.1) is 0 Å². The average molecular weight is 429 g/mol. The van der Waals surface area contributed by atoms with Crippen molar-refractivity contribution in [3.8, 4) is 22.8 Å². The third-order valence-corrected chi connectivity index (χ3v) is 4.15. The van der Waals surface area contributed by atoms with Crippen molar-refractivity contribution in [1.29, 1.82) is 0 Å². The van der Waals surface area contributed by atoms with E-state index >= 15 is 0 Å². The van der Waals surface area contributed by atoms with Crippen LogP contribution in [0, 0.1) is 0 Å². The Labute approximate surface area is 163 Å². The smallest absolute Gasteiger partial charge is 0.252 e. The minimum atomic E-state index is -0.285. The Bertz CT molecular complexity index is 1020. The molecular formula is C19H17BrN4O3. The molecule has 0 unspecified atom stereocenters. The van der Waals surface area contributed by atoms with Crippen molar-refractivity contribution in [3.63, 3.8) is 0 Å². The SMILES string of the molecule is CCOc1cc(/C=N/Nc2nc(-c3ccccc3)cc(=O)[nH]2)cc(Br)c1O. The van der Waals surface area contributed by atoms with E-state index < -0.39 is 0 Å². The van der Waals surface area contributed by atoms with Crippen molar-refractivity contribution >= 4 is 28.1 Å². The zero-order valence-corrected chi connectivity index (χ0v) is 16.0. The number of benzene rings is 2. The van der Waals surface area contributed by atoms with E-state index in [1.54, 1.807) is 12.1 Å². The van der Waals surface area contributed by atoms with Crippen molar-refractivity contribution in [2.75, 3.05) is 12.0 Å². The van der Waals surface area contributed by atoms with Gasteiger partial charge >= 0.3 is 0 Å². The van der Waals surface area contributed by atoms with E-state index in [4.69, 9.17) is 4.74 Å². The summed E-state index contributed by atoms with van der Waals surface area (Å²) in [6.45, 7) is 2.26. The van der Waals surface area contributed by atoms with Crippen LogP contribution < -0.4 is 15.7 Å². The van der Waals surface area contributed by atoms with Gasteiger partial charge in [-0.2, -0.15) is 5.10 Å². The number of hydrogen-bond donors (Lipinski definition) is 3. The van der Waals surface area contributed by atoms with Gasteiger partial charge in [0.1, 0.15) is 0 Å². The Kier molecular flexibility index (Phi) is 5.87. The van der Waals surface area contributed by atoms with Gasteiger partial charge < -0.3 is 9.84 Å². The summed E-state index contributed by atoms with van der Waals surface area (Å²) in [5.74, 6) is 0.606. The number of aromatic nitrogens is 2. The largest absolute Gasteiger partial charge is 0.503 e. The molecule has 2 aromatic carbocycles. The molecular weight excluding hydrogens is 412 g/mol. The van der Waals surface area contributed by atoms with Crippen LogP contribution in [0.25, 0.3) is 11.3 Å². The summed E-state index contributed by atoms with van der Waals surface area (Å²) in [5.41, 5.74) is 4.50. The minimum absolute atomic E-state index is 0.0310. The fraction of sp³-hybridized carbons (Fsp3) is 0.105. The second-order valence-corrected chi connectivity index (χ2v) is 6.35. The average Bonchev–Trinajstić information content (AvgIpc) is 2.66. The highest BCUT2D eigenvalue weighted by molar-refractivity contribution is 9.10. The summed E-state index contributed by atoms with van der Waals surface area (Å²) in [5, 5.41) is 14.0. The topological polar surface area (TPSA) is 99.6 Å². The van der Waals surface area contributed by atoms with Crippen molar-refractivity contribution in [2.45, 2.75) is 6.92 Å². The molecule has 138 valence electrons. The minimum Gasteiger partial charge on any atom is -0.503 e. The van der Waals surface area contributed by atoms with Crippen LogP contribution in [0.5, 0.6) is 11.5 Å². The number of anilines is 1. The van der Waals surface area contributed by atoms with Gasteiger partial charge in [-0.25, -0.2) is 10.4 Å². The quantitative estimate of drug-likeness (QED) is 0.410. The number of halogens is 1. The molecule has 27 heavy (non-hydrogen) atoms. The molecule has 8 heteroatoms. The van der Waals surface area contributed by atoms with Crippen molar-refractivity contribution < 1.29 is 9.84 Å². The summed E-state index contributed by atoms with van der Waals surface area (Å²) in [6, 6.07) is 14.2. The van der Waals surface area contributed by atoms with Gasteiger partial charge in [0, 0.05) is 11.6 Å². The van der Waals surface area contributed by atoms with Crippen molar-refractivity contribution in [3.05, 3.63) is 68.9 Å². The van der Waals surface area contributed by atoms with E-state index in [1.807, 2.05) is 37.3 Å². The lowest BCUT2D eigenvalue weighted by atomic mass is 10.1. The van der Waals surface area contributed by atoms with Crippen molar-refractivity contribution in [1.82, 2.24) is 9.97 Å². The predicted molar refractivity (Wildman–Crippen MR) is 108 cm³/mol. The van der Waals surface area contributed by atoms with Crippen molar-refractivity contribution in [2.24, 2.45) is 5.10 Å². The number of rotatable bonds is 6. The monoisotopic (exact) mass is 428 g/mol. The molecule has 0 atom stereocenters. The number of hydrazone groups is 1. The Hall–Kier alpha value is -3.13. The summed E-state index contributed by atoms with van der Waals surface area (Å²) in [4.78, 5) is 18.8. The first-order valence-electron chi connectivity index (χ1n) is 8.18. The van der Waals surface area contributed by atoms with E-state index in [0.717, 1.165) is 5.56 Å². The van der Waals surface area contributed by atoms with E-state index in [2.05, 4.69) is 36.4 Å². The van der Waals surface area contributed by atoms with Crippen LogP contribution >= 0.6 is 15.9 Å². The number of aromatic amines is 1. The molecule has 0 aliphatic heterocycles. The fourth-order valence-corrected chi connectivity index (χ4v) is 2.83. The lowest BCUT2D eigenvalue weighted by Gasteiger charge is -2.08. The Balaban J connectivity index is 1.81. The van der Waals surface area contributed by atoms with Crippen LogP contribution in [0.2, 0.25) is 0 Å². The number of aromatic hydroxyl groups is 1. The lowest BCUT2D eigenvalue weighted by molar-refractivity contribution is 0.317. The summed E-state index contributed by atoms with van der Waals surface area (Å²) < 4.78 is 5.87. The first-order valence-corrected chi connectivity index (χ1v) is 8.97. The Morgan fingerprint density at radius 3 is 2.81 bits per heavy atom. The van der Waals surface area contributed by atoms with Crippen LogP contribution in [-0.2, 0) is 0 Å². The maximum absolute atomic E-state index is 11.9. The normalized spacial score (nSPS) is 10.9. The number of ether oxygens (including phenoxy) is 1. The molecule has 0 bridgehead atoms. The third-order valence-electron chi connectivity index (χ3n) is 3.55. The molecule has 3 aromatic rings. The maximum Gasteiger partial charge on any atom is 0.252 e. The molecule has 0 amide bonds. The Morgan fingerprint density at radius 2 is 2.07 bits per heavy atom. The maximum atomic E-state index is 11.9. The fourth-order valence-electron chi connectivity index (χ4n) is 2.37. The molecule has 1 heterocycles. The highest BCUT2D eigenvalue weighted by atomic mass is 79.9. The zero-order chi connectivity index (χ0) is 19.2. The Morgan fingerprint density at radius 1 is 1.30 bits per heavy atom. The lowest BCUT2D eigenvalue weighted by Crippen LogP contribution is -2.10.